The summed E-state index contributed by atoms with van der Waals surface area (Å²) in [4.78, 5) is 19.5. The Hall–Kier alpha value is -1.36. The zero-order valence-corrected chi connectivity index (χ0v) is 11.1. The van der Waals surface area contributed by atoms with Crippen molar-refractivity contribution in [3.8, 4) is 0 Å². The fourth-order valence-electron chi connectivity index (χ4n) is 1.68. The molecule has 0 aliphatic carbocycles. The summed E-state index contributed by atoms with van der Waals surface area (Å²) < 4.78 is 2.05. The standard InChI is InChI=1S/C12H22N4O/c1-11(12(17)14(2)3)15(4)7-5-8-16-9-6-13-10-16/h6,9-11H,5,7-8H2,1-4H3. The third-order valence-corrected chi connectivity index (χ3v) is 2.95. The highest BCUT2D eigenvalue weighted by Crippen LogP contribution is 2.01. The van der Waals surface area contributed by atoms with Crippen LogP contribution in [0.4, 0.5) is 0 Å². The Morgan fingerprint density at radius 3 is 2.65 bits per heavy atom. The van der Waals surface area contributed by atoms with Crippen LogP contribution < -0.4 is 0 Å². The van der Waals surface area contributed by atoms with E-state index in [4.69, 9.17) is 0 Å². The van der Waals surface area contributed by atoms with Crippen LogP contribution in [0.2, 0.25) is 0 Å². The molecule has 0 radical (unpaired) electrons. The van der Waals surface area contributed by atoms with Gasteiger partial charge in [-0.05, 0) is 20.4 Å². The zero-order chi connectivity index (χ0) is 12.8. The third-order valence-electron chi connectivity index (χ3n) is 2.95. The summed E-state index contributed by atoms with van der Waals surface area (Å²) in [6, 6.07) is -0.0622. The topological polar surface area (TPSA) is 41.4 Å². The maximum Gasteiger partial charge on any atom is 0.239 e. The van der Waals surface area contributed by atoms with Crippen LogP contribution in [0.5, 0.6) is 0 Å². The third kappa shape index (κ3) is 4.19. The molecule has 0 saturated carbocycles. The van der Waals surface area contributed by atoms with E-state index >= 15 is 0 Å². The van der Waals surface area contributed by atoms with E-state index in [9.17, 15) is 4.79 Å². The summed E-state index contributed by atoms with van der Waals surface area (Å²) in [6.45, 7) is 3.78. The number of imidazole rings is 1. The molecular formula is C12H22N4O. The van der Waals surface area contributed by atoms with Crippen LogP contribution in [-0.4, -0.2) is 59.0 Å². The lowest BCUT2D eigenvalue weighted by Gasteiger charge is -2.26. The number of hydrogen-bond donors (Lipinski definition) is 0. The predicted octanol–water partition coefficient (Wildman–Crippen LogP) is 0.682. The second-order valence-electron chi connectivity index (χ2n) is 4.54. The zero-order valence-electron chi connectivity index (χ0n) is 11.1. The molecule has 0 aliphatic heterocycles. The van der Waals surface area contributed by atoms with Gasteiger partial charge in [-0.3, -0.25) is 9.69 Å². The van der Waals surface area contributed by atoms with Gasteiger partial charge in [-0.15, -0.1) is 0 Å². The lowest BCUT2D eigenvalue weighted by atomic mass is 10.2. The van der Waals surface area contributed by atoms with Crippen molar-refractivity contribution in [2.24, 2.45) is 0 Å². The molecule has 0 fully saturated rings. The van der Waals surface area contributed by atoms with Crippen LogP contribution >= 0.6 is 0 Å². The van der Waals surface area contributed by atoms with E-state index in [-0.39, 0.29) is 11.9 Å². The Morgan fingerprint density at radius 2 is 2.12 bits per heavy atom. The molecule has 0 saturated heterocycles. The molecule has 0 aliphatic rings. The molecule has 5 nitrogen and oxygen atoms in total. The van der Waals surface area contributed by atoms with Crippen molar-refractivity contribution in [3.05, 3.63) is 18.7 Å². The van der Waals surface area contributed by atoms with Crippen LogP contribution in [0, 0.1) is 0 Å². The van der Waals surface area contributed by atoms with Gasteiger partial charge in [0.1, 0.15) is 0 Å². The molecule has 1 unspecified atom stereocenters. The highest BCUT2D eigenvalue weighted by Gasteiger charge is 2.18. The Bertz CT molecular complexity index is 334. The van der Waals surface area contributed by atoms with Crippen LogP contribution in [0.3, 0.4) is 0 Å². The molecule has 0 N–H and O–H groups in total. The monoisotopic (exact) mass is 238 g/mol. The number of likely N-dealkylation sites (N-methyl/N-ethyl adjacent to an activating group) is 2. The minimum atomic E-state index is -0.0622. The van der Waals surface area contributed by atoms with Gasteiger partial charge in [-0.2, -0.15) is 0 Å². The smallest absolute Gasteiger partial charge is 0.239 e. The van der Waals surface area contributed by atoms with E-state index in [1.165, 1.54) is 0 Å². The first kappa shape index (κ1) is 13.7. The van der Waals surface area contributed by atoms with E-state index in [2.05, 4.69) is 9.88 Å². The molecule has 1 aromatic rings. The average Bonchev–Trinajstić information content (AvgIpc) is 2.79. The minimum absolute atomic E-state index is 0.0622. The molecule has 17 heavy (non-hydrogen) atoms. The quantitative estimate of drug-likeness (QED) is 0.732. The number of rotatable bonds is 6. The SMILES string of the molecule is CC(C(=O)N(C)C)N(C)CCCn1ccnc1. The highest BCUT2D eigenvalue weighted by molar-refractivity contribution is 5.80. The molecule has 1 amide bonds. The van der Waals surface area contributed by atoms with Gasteiger partial charge in [0.05, 0.1) is 12.4 Å². The summed E-state index contributed by atoms with van der Waals surface area (Å²) in [6.07, 6.45) is 6.56. The first-order chi connectivity index (χ1) is 8.02. The molecule has 1 heterocycles. The first-order valence-corrected chi connectivity index (χ1v) is 5.89. The minimum Gasteiger partial charge on any atom is -0.347 e. The Balaban J connectivity index is 2.29. The van der Waals surface area contributed by atoms with Crippen LogP contribution in [0.1, 0.15) is 13.3 Å². The Labute approximate surface area is 103 Å². The van der Waals surface area contributed by atoms with E-state index in [1.54, 1.807) is 25.2 Å². The van der Waals surface area contributed by atoms with Crippen molar-refractivity contribution in [1.82, 2.24) is 19.4 Å². The number of amides is 1. The van der Waals surface area contributed by atoms with Crippen LogP contribution in [-0.2, 0) is 11.3 Å². The van der Waals surface area contributed by atoms with Crippen molar-refractivity contribution in [2.75, 3.05) is 27.7 Å². The Morgan fingerprint density at radius 1 is 1.41 bits per heavy atom. The van der Waals surface area contributed by atoms with Crippen LogP contribution in [0.15, 0.2) is 18.7 Å². The normalized spacial score (nSPS) is 12.8. The van der Waals surface area contributed by atoms with Crippen molar-refractivity contribution >= 4 is 5.91 Å². The number of hydrogen-bond acceptors (Lipinski definition) is 3. The molecule has 0 bridgehead atoms. The van der Waals surface area contributed by atoms with Crippen molar-refractivity contribution < 1.29 is 4.79 Å². The number of carbonyl (C=O) groups is 1. The molecule has 0 spiro atoms. The second-order valence-corrected chi connectivity index (χ2v) is 4.54. The number of carbonyl (C=O) groups excluding carboxylic acids is 1. The molecular weight excluding hydrogens is 216 g/mol. The van der Waals surface area contributed by atoms with Gasteiger partial charge in [0, 0.05) is 39.6 Å². The van der Waals surface area contributed by atoms with Crippen molar-refractivity contribution in [2.45, 2.75) is 25.9 Å². The van der Waals surface area contributed by atoms with Gasteiger partial charge >= 0.3 is 0 Å². The maximum atomic E-state index is 11.7. The van der Waals surface area contributed by atoms with Gasteiger partial charge in [0.2, 0.25) is 5.91 Å². The van der Waals surface area contributed by atoms with Crippen molar-refractivity contribution in [1.29, 1.82) is 0 Å². The van der Waals surface area contributed by atoms with Gasteiger partial charge in [-0.25, -0.2) is 4.98 Å². The molecule has 1 atom stereocenters. The summed E-state index contributed by atoms with van der Waals surface area (Å²) in [5, 5.41) is 0. The van der Waals surface area contributed by atoms with Gasteiger partial charge in [0.15, 0.2) is 0 Å². The average molecular weight is 238 g/mol. The summed E-state index contributed by atoms with van der Waals surface area (Å²) in [7, 11) is 5.57. The van der Waals surface area contributed by atoms with Crippen LogP contribution in [0.25, 0.3) is 0 Å². The van der Waals surface area contributed by atoms with Gasteiger partial charge < -0.3 is 9.47 Å². The van der Waals surface area contributed by atoms with Crippen molar-refractivity contribution in [3.63, 3.8) is 0 Å². The van der Waals surface area contributed by atoms with Gasteiger partial charge in [-0.1, -0.05) is 0 Å². The molecule has 5 heteroatoms. The number of aromatic nitrogens is 2. The lowest BCUT2D eigenvalue weighted by Crippen LogP contribution is -2.43. The second kappa shape index (κ2) is 6.39. The molecule has 1 rings (SSSR count). The molecule has 1 aromatic heterocycles. The number of nitrogens with zero attached hydrogens (tertiary/aromatic N) is 4. The largest absolute Gasteiger partial charge is 0.347 e. The van der Waals surface area contributed by atoms with E-state index in [1.807, 2.05) is 31.1 Å². The number of aryl methyl sites for hydroxylation is 1. The fraction of sp³-hybridized carbons (Fsp3) is 0.667. The maximum absolute atomic E-state index is 11.7. The van der Waals surface area contributed by atoms with E-state index in [0.29, 0.717) is 0 Å². The summed E-state index contributed by atoms with van der Waals surface area (Å²) >= 11 is 0. The van der Waals surface area contributed by atoms with E-state index < -0.39 is 0 Å². The Kier molecular flexibility index (Phi) is 5.15. The van der Waals surface area contributed by atoms with E-state index in [0.717, 1.165) is 19.5 Å². The van der Waals surface area contributed by atoms with Gasteiger partial charge in [0.25, 0.3) is 0 Å². The fourth-order valence-corrected chi connectivity index (χ4v) is 1.68. The predicted molar refractivity (Wildman–Crippen MR) is 67.6 cm³/mol. The highest BCUT2D eigenvalue weighted by atomic mass is 16.2. The molecule has 0 aromatic carbocycles. The summed E-state index contributed by atoms with van der Waals surface area (Å²) in [5.41, 5.74) is 0. The first-order valence-electron chi connectivity index (χ1n) is 5.89. The lowest BCUT2D eigenvalue weighted by molar-refractivity contribution is -0.133. The molecule has 96 valence electrons. The summed E-state index contributed by atoms with van der Waals surface area (Å²) in [5.74, 6) is 0.148.